The van der Waals surface area contributed by atoms with Crippen molar-refractivity contribution in [3.63, 3.8) is 0 Å². The molecule has 0 bridgehead atoms. The first kappa shape index (κ1) is 13.9. The van der Waals surface area contributed by atoms with Crippen LogP contribution in [0.4, 0.5) is 5.69 Å². The van der Waals surface area contributed by atoms with Crippen LogP contribution < -0.4 is 5.32 Å². The number of hydrogen-bond donors (Lipinski definition) is 1. The van der Waals surface area contributed by atoms with Crippen molar-refractivity contribution in [1.29, 1.82) is 5.26 Å². The number of anilines is 1. The molecule has 1 aromatic rings. The van der Waals surface area contributed by atoms with Crippen LogP contribution in [0.1, 0.15) is 12.5 Å². The van der Waals surface area contributed by atoms with Crippen LogP contribution >= 0.6 is 23.4 Å². The van der Waals surface area contributed by atoms with Crippen molar-refractivity contribution in [1.82, 2.24) is 0 Å². The highest BCUT2D eigenvalue weighted by molar-refractivity contribution is 8.00. The number of carbonyl (C=O) groups is 1. The molecule has 0 saturated heterocycles. The van der Waals surface area contributed by atoms with E-state index in [2.05, 4.69) is 5.32 Å². The summed E-state index contributed by atoms with van der Waals surface area (Å²) in [5.74, 6) is 0.189. The van der Waals surface area contributed by atoms with Gasteiger partial charge in [0.1, 0.15) is 0 Å². The number of benzene rings is 1. The largest absolute Gasteiger partial charge is 0.325 e. The lowest BCUT2D eigenvalue weighted by atomic mass is 10.2. The Balaban J connectivity index is 2.62. The quantitative estimate of drug-likeness (QED) is 0.912. The number of carbonyl (C=O) groups excluding carboxylic acids is 1. The molecule has 1 N–H and O–H groups in total. The molecule has 3 nitrogen and oxygen atoms in total. The average molecular weight is 269 g/mol. The third-order valence-electron chi connectivity index (χ3n) is 2.21. The molecular formula is C12H13ClN2OS. The summed E-state index contributed by atoms with van der Waals surface area (Å²) in [6, 6.07) is 7.37. The molecule has 0 saturated carbocycles. The maximum absolute atomic E-state index is 11.7. The molecule has 0 aromatic heterocycles. The molecule has 1 amide bonds. The summed E-state index contributed by atoms with van der Waals surface area (Å²) in [5.41, 5.74) is 1.64. The van der Waals surface area contributed by atoms with Crippen LogP contribution in [-0.2, 0) is 4.79 Å². The molecular weight excluding hydrogens is 256 g/mol. The highest BCUT2D eigenvalue weighted by atomic mass is 35.5. The lowest BCUT2D eigenvalue weighted by Gasteiger charge is -2.11. The topological polar surface area (TPSA) is 52.9 Å². The minimum Gasteiger partial charge on any atom is -0.325 e. The summed E-state index contributed by atoms with van der Waals surface area (Å²) in [4.78, 5) is 11.7. The minimum absolute atomic E-state index is 0.120. The number of hydrogen-bond acceptors (Lipinski definition) is 3. The maximum atomic E-state index is 11.7. The van der Waals surface area contributed by atoms with Gasteiger partial charge in [-0.25, -0.2) is 0 Å². The highest BCUT2D eigenvalue weighted by Crippen LogP contribution is 2.21. The molecule has 1 rings (SSSR count). The van der Waals surface area contributed by atoms with Crippen molar-refractivity contribution in [2.24, 2.45) is 0 Å². The van der Waals surface area contributed by atoms with Gasteiger partial charge in [-0.15, -0.1) is 11.8 Å². The first-order valence-electron chi connectivity index (χ1n) is 5.10. The summed E-state index contributed by atoms with van der Waals surface area (Å²) >= 11 is 7.27. The lowest BCUT2D eigenvalue weighted by molar-refractivity contribution is -0.115. The summed E-state index contributed by atoms with van der Waals surface area (Å²) in [7, 11) is 0. The smallest absolute Gasteiger partial charge is 0.237 e. The van der Waals surface area contributed by atoms with Crippen molar-refractivity contribution in [3.8, 4) is 6.07 Å². The van der Waals surface area contributed by atoms with Crippen molar-refractivity contribution >= 4 is 35.0 Å². The number of thioether (sulfide) groups is 1. The SMILES string of the molecule is Cc1ccc(NC(=O)C(C)SCC#N)cc1Cl. The van der Waals surface area contributed by atoms with Crippen LogP contribution in [-0.4, -0.2) is 16.9 Å². The van der Waals surface area contributed by atoms with Gasteiger partial charge in [0.25, 0.3) is 0 Å². The molecule has 0 fully saturated rings. The van der Waals surface area contributed by atoms with Crippen LogP contribution in [0.25, 0.3) is 0 Å². The highest BCUT2D eigenvalue weighted by Gasteiger charge is 2.13. The van der Waals surface area contributed by atoms with Crippen LogP contribution in [0.5, 0.6) is 0 Å². The Kier molecular flexibility index (Phi) is 5.33. The third-order valence-corrected chi connectivity index (χ3v) is 3.62. The first-order chi connectivity index (χ1) is 8.04. The predicted molar refractivity (Wildman–Crippen MR) is 72.4 cm³/mol. The first-order valence-corrected chi connectivity index (χ1v) is 6.53. The molecule has 17 heavy (non-hydrogen) atoms. The lowest BCUT2D eigenvalue weighted by Crippen LogP contribution is -2.22. The van der Waals surface area contributed by atoms with Gasteiger partial charge in [0.15, 0.2) is 0 Å². The van der Waals surface area contributed by atoms with Gasteiger partial charge < -0.3 is 5.32 Å². The maximum Gasteiger partial charge on any atom is 0.237 e. The zero-order chi connectivity index (χ0) is 12.8. The molecule has 0 radical (unpaired) electrons. The van der Waals surface area contributed by atoms with Gasteiger partial charge in [0, 0.05) is 10.7 Å². The van der Waals surface area contributed by atoms with Gasteiger partial charge in [0.2, 0.25) is 5.91 Å². The Morgan fingerprint density at radius 1 is 1.65 bits per heavy atom. The van der Waals surface area contributed by atoms with Crippen molar-refractivity contribution in [2.45, 2.75) is 19.1 Å². The monoisotopic (exact) mass is 268 g/mol. The van der Waals surface area contributed by atoms with E-state index >= 15 is 0 Å². The van der Waals surface area contributed by atoms with Gasteiger partial charge in [-0.3, -0.25) is 4.79 Å². The van der Waals surface area contributed by atoms with Crippen molar-refractivity contribution in [3.05, 3.63) is 28.8 Å². The zero-order valence-electron chi connectivity index (χ0n) is 9.66. The van der Waals surface area contributed by atoms with E-state index in [-0.39, 0.29) is 11.2 Å². The third kappa shape index (κ3) is 4.29. The molecule has 90 valence electrons. The average Bonchev–Trinajstić information content (AvgIpc) is 2.30. The Morgan fingerprint density at radius 2 is 2.35 bits per heavy atom. The molecule has 0 aliphatic heterocycles. The van der Waals surface area contributed by atoms with Crippen molar-refractivity contribution in [2.75, 3.05) is 11.1 Å². The van der Waals surface area contributed by atoms with Crippen LogP contribution in [0.2, 0.25) is 5.02 Å². The van der Waals surface area contributed by atoms with Gasteiger partial charge in [-0.2, -0.15) is 5.26 Å². The second-order valence-corrected chi connectivity index (χ2v) is 5.30. The molecule has 1 unspecified atom stereocenters. The zero-order valence-corrected chi connectivity index (χ0v) is 11.2. The molecule has 0 aliphatic carbocycles. The van der Waals surface area contributed by atoms with E-state index in [0.29, 0.717) is 16.5 Å². The number of nitriles is 1. The van der Waals surface area contributed by atoms with E-state index in [4.69, 9.17) is 16.9 Å². The summed E-state index contributed by atoms with van der Waals surface area (Å²) in [5, 5.41) is 11.6. The molecule has 0 heterocycles. The number of rotatable bonds is 4. The van der Waals surface area contributed by atoms with E-state index in [0.717, 1.165) is 5.56 Å². The summed E-state index contributed by atoms with van der Waals surface area (Å²) < 4.78 is 0. The molecule has 1 aromatic carbocycles. The summed E-state index contributed by atoms with van der Waals surface area (Å²) in [6.45, 7) is 3.67. The van der Waals surface area contributed by atoms with Gasteiger partial charge in [-0.05, 0) is 31.5 Å². The fraction of sp³-hybridized carbons (Fsp3) is 0.333. The second kappa shape index (κ2) is 6.53. The molecule has 0 spiro atoms. The predicted octanol–water partition coefficient (Wildman–Crippen LogP) is 3.23. The van der Waals surface area contributed by atoms with Gasteiger partial charge >= 0.3 is 0 Å². The Labute approximate surface area is 110 Å². The van der Waals surface area contributed by atoms with E-state index in [9.17, 15) is 4.79 Å². The fourth-order valence-electron chi connectivity index (χ4n) is 1.15. The number of amides is 1. The minimum atomic E-state index is -0.255. The van der Waals surface area contributed by atoms with Crippen LogP contribution in [0, 0.1) is 18.3 Å². The summed E-state index contributed by atoms with van der Waals surface area (Å²) in [6.07, 6.45) is 0. The van der Waals surface area contributed by atoms with E-state index in [1.165, 1.54) is 11.8 Å². The normalized spacial score (nSPS) is 11.6. The number of nitrogens with zero attached hydrogens (tertiary/aromatic N) is 1. The van der Waals surface area contributed by atoms with Gasteiger partial charge in [0.05, 0.1) is 17.1 Å². The van der Waals surface area contributed by atoms with Gasteiger partial charge in [-0.1, -0.05) is 17.7 Å². The number of aryl methyl sites for hydroxylation is 1. The number of halogens is 1. The van der Waals surface area contributed by atoms with Crippen molar-refractivity contribution < 1.29 is 4.79 Å². The van der Waals surface area contributed by atoms with E-state index < -0.39 is 0 Å². The fourth-order valence-corrected chi connectivity index (χ4v) is 1.87. The number of nitrogens with one attached hydrogen (secondary N) is 1. The Hall–Kier alpha value is -1.18. The molecule has 0 aliphatic rings. The Bertz CT molecular complexity index is 456. The molecule has 1 atom stereocenters. The second-order valence-electron chi connectivity index (χ2n) is 3.56. The standard InChI is InChI=1S/C12H13ClN2OS/c1-8-3-4-10(7-11(8)13)15-12(16)9(2)17-6-5-14/h3-4,7,9H,6H2,1-2H3,(H,15,16). The Morgan fingerprint density at radius 3 is 2.94 bits per heavy atom. The van der Waals surface area contributed by atoms with E-state index in [1.54, 1.807) is 19.1 Å². The van der Waals surface area contributed by atoms with E-state index in [1.807, 2.05) is 19.1 Å². The van der Waals surface area contributed by atoms with Crippen LogP contribution in [0.15, 0.2) is 18.2 Å². The van der Waals surface area contributed by atoms with Crippen LogP contribution in [0.3, 0.4) is 0 Å². The molecule has 5 heteroatoms.